The number of aryl methyl sites for hydroxylation is 2. The van der Waals surface area contributed by atoms with Crippen LogP contribution in [-0.2, 0) is 0 Å². The molecule has 0 saturated carbocycles. The lowest BCUT2D eigenvalue weighted by Gasteiger charge is -2.10. The number of amides is 1. The number of carbonyl (C=O) groups is 1. The predicted molar refractivity (Wildman–Crippen MR) is 93.4 cm³/mol. The SMILES string of the molecule is Cc1nc2ccc(C(=O)Nc3c(Cl)cccc3Cl)cc2nc1C. The van der Waals surface area contributed by atoms with Gasteiger partial charge in [0.15, 0.2) is 0 Å². The third-order valence-corrected chi connectivity index (χ3v) is 4.17. The molecule has 1 heterocycles. The van der Waals surface area contributed by atoms with Crippen molar-refractivity contribution in [1.29, 1.82) is 0 Å². The largest absolute Gasteiger partial charge is 0.319 e. The van der Waals surface area contributed by atoms with Gasteiger partial charge in [0.2, 0.25) is 0 Å². The number of nitrogens with one attached hydrogen (secondary N) is 1. The van der Waals surface area contributed by atoms with E-state index in [-0.39, 0.29) is 5.91 Å². The minimum absolute atomic E-state index is 0.304. The standard InChI is InChI=1S/C17H13Cl2N3O/c1-9-10(2)21-15-8-11(6-7-14(15)20-9)17(23)22-16-12(18)4-3-5-13(16)19/h3-8H,1-2H3,(H,22,23). The highest BCUT2D eigenvalue weighted by Crippen LogP contribution is 2.30. The molecule has 0 unspecified atom stereocenters. The molecule has 116 valence electrons. The summed E-state index contributed by atoms with van der Waals surface area (Å²) in [6.07, 6.45) is 0. The van der Waals surface area contributed by atoms with Crippen molar-refractivity contribution in [2.75, 3.05) is 5.32 Å². The van der Waals surface area contributed by atoms with Gasteiger partial charge in [-0.1, -0.05) is 29.3 Å². The molecule has 0 aliphatic rings. The maximum Gasteiger partial charge on any atom is 0.255 e. The van der Waals surface area contributed by atoms with Crippen LogP contribution in [0.3, 0.4) is 0 Å². The number of nitrogens with zero attached hydrogens (tertiary/aromatic N) is 2. The van der Waals surface area contributed by atoms with Gasteiger partial charge < -0.3 is 5.32 Å². The van der Waals surface area contributed by atoms with Gasteiger partial charge in [-0.15, -0.1) is 0 Å². The molecule has 3 aromatic rings. The number of fused-ring (bicyclic) bond motifs is 1. The zero-order valence-electron chi connectivity index (χ0n) is 12.5. The van der Waals surface area contributed by atoms with Crippen LogP contribution in [0.25, 0.3) is 11.0 Å². The van der Waals surface area contributed by atoms with Crippen LogP contribution in [0.2, 0.25) is 10.0 Å². The van der Waals surface area contributed by atoms with Crippen LogP contribution in [0, 0.1) is 13.8 Å². The van der Waals surface area contributed by atoms with Crippen molar-refractivity contribution in [3.05, 3.63) is 63.4 Å². The van der Waals surface area contributed by atoms with E-state index < -0.39 is 0 Å². The van der Waals surface area contributed by atoms with E-state index in [0.29, 0.717) is 26.8 Å². The predicted octanol–water partition coefficient (Wildman–Crippen LogP) is 4.81. The molecular weight excluding hydrogens is 333 g/mol. The number of carbonyl (C=O) groups excluding carboxylic acids is 1. The second-order valence-corrected chi connectivity index (χ2v) is 5.96. The average Bonchev–Trinajstić information content (AvgIpc) is 2.51. The van der Waals surface area contributed by atoms with Gasteiger partial charge in [-0.25, -0.2) is 9.97 Å². The second-order valence-electron chi connectivity index (χ2n) is 5.15. The molecule has 1 aromatic heterocycles. The van der Waals surface area contributed by atoms with Crippen molar-refractivity contribution in [1.82, 2.24) is 9.97 Å². The molecular formula is C17H13Cl2N3O. The van der Waals surface area contributed by atoms with Gasteiger partial charge in [-0.2, -0.15) is 0 Å². The van der Waals surface area contributed by atoms with Gasteiger partial charge in [0.05, 0.1) is 38.2 Å². The molecule has 23 heavy (non-hydrogen) atoms. The molecule has 0 fully saturated rings. The normalized spacial score (nSPS) is 10.8. The van der Waals surface area contributed by atoms with Crippen LogP contribution in [0.4, 0.5) is 5.69 Å². The first-order valence-corrected chi connectivity index (χ1v) is 7.71. The minimum atomic E-state index is -0.304. The van der Waals surface area contributed by atoms with E-state index in [0.717, 1.165) is 16.9 Å². The van der Waals surface area contributed by atoms with Crippen molar-refractivity contribution in [2.24, 2.45) is 0 Å². The number of benzene rings is 2. The number of anilines is 1. The molecule has 1 N–H and O–H groups in total. The molecule has 0 atom stereocenters. The highest BCUT2D eigenvalue weighted by Gasteiger charge is 2.13. The smallest absolute Gasteiger partial charge is 0.255 e. The van der Waals surface area contributed by atoms with E-state index in [1.165, 1.54) is 0 Å². The number of hydrogen-bond acceptors (Lipinski definition) is 3. The fraction of sp³-hybridized carbons (Fsp3) is 0.118. The third-order valence-electron chi connectivity index (χ3n) is 3.54. The molecule has 0 aliphatic carbocycles. The summed E-state index contributed by atoms with van der Waals surface area (Å²) < 4.78 is 0. The van der Waals surface area contributed by atoms with Crippen LogP contribution in [0.15, 0.2) is 36.4 Å². The monoisotopic (exact) mass is 345 g/mol. The molecule has 4 nitrogen and oxygen atoms in total. The van der Waals surface area contributed by atoms with Gasteiger partial charge in [0.1, 0.15) is 0 Å². The molecule has 0 bridgehead atoms. The Morgan fingerprint density at radius 3 is 2.22 bits per heavy atom. The van der Waals surface area contributed by atoms with Crippen LogP contribution < -0.4 is 5.32 Å². The fourth-order valence-corrected chi connectivity index (χ4v) is 2.67. The summed E-state index contributed by atoms with van der Waals surface area (Å²) in [5.41, 5.74) is 3.99. The van der Waals surface area contributed by atoms with Crippen LogP contribution in [-0.4, -0.2) is 15.9 Å². The van der Waals surface area contributed by atoms with Crippen LogP contribution >= 0.6 is 23.2 Å². The van der Waals surface area contributed by atoms with Crippen LogP contribution in [0.5, 0.6) is 0 Å². The molecule has 1 amide bonds. The van der Waals surface area contributed by atoms with Crippen molar-refractivity contribution < 1.29 is 4.79 Å². The number of halogens is 2. The lowest BCUT2D eigenvalue weighted by molar-refractivity contribution is 0.102. The zero-order chi connectivity index (χ0) is 16.6. The number of aromatic nitrogens is 2. The number of rotatable bonds is 2. The summed E-state index contributed by atoms with van der Waals surface area (Å²) in [5, 5.41) is 3.51. The Morgan fingerprint density at radius 1 is 0.957 bits per heavy atom. The maximum atomic E-state index is 12.4. The summed E-state index contributed by atoms with van der Waals surface area (Å²) in [5.74, 6) is -0.304. The molecule has 0 spiro atoms. The topological polar surface area (TPSA) is 54.9 Å². The van der Waals surface area contributed by atoms with Gasteiger partial charge in [0, 0.05) is 5.56 Å². The number of hydrogen-bond donors (Lipinski definition) is 1. The fourth-order valence-electron chi connectivity index (χ4n) is 2.17. The Balaban J connectivity index is 1.96. The lowest BCUT2D eigenvalue weighted by Crippen LogP contribution is -2.12. The third kappa shape index (κ3) is 3.14. The molecule has 0 radical (unpaired) electrons. The zero-order valence-corrected chi connectivity index (χ0v) is 14.0. The van der Waals surface area contributed by atoms with Gasteiger partial charge in [0.25, 0.3) is 5.91 Å². The Bertz CT molecular complexity index is 905. The molecule has 3 rings (SSSR count). The van der Waals surface area contributed by atoms with Crippen molar-refractivity contribution >= 4 is 45.8 Å². The van der Waals surface area contributed by atoms with Gasteiger partial charge in [-0.05, 0) is 44.2 Å². The van der Waals surface area contributed by atoms with Gasteiger partial charge in [-0.3, -0.25) is 4.79 Å². The van der Waals surface area contributed by atoms with E-state index in [4.69, 9.17) is 23.2 Å². The van der Waals surface area contributed by atoms with E-state index in [9.17, 15) is 4.79 Å². The molecule has 0 aliphatic heterocycles. The maximum absolute atomic E-state index is 12.4. The number of para-hydroxylation sites is 1. The van der Waals surface area contributed by atoms with E-state index >= 15 is 0 Å². The second kappa shape index (κ2) is 6.14. The average molecular weight is 346 g/mol. The molecule has 6 heteroatoms. The highest BCUT2D eigenvalue weighted by atomic mass is 35.5. The minimum Gasteiger partial charge on any atom is -0.319 e. The van der Waals surface area contributed by atoms with E-state index in [1.807, 2.05) is 13.8 Å². The summed E-state index contributed by atoms with van der Waals surface area (Å²) >= 11 is 12.1. The Kier molecular flexibility index (Phi) is 4.20. The first-order valence-electron chi connectivity index (χ1n) is 6.96. The Morgan fingerprint density at radius 2 is 1.57 bits per heavy atom. The van der Waals surface area contributed by atoms with E-state index in [2.05, 4.69) is 15.3 Å². The Hall–Kier alpha value is -2.17. The summed E-state index contributed by atoms with van der Waals surface area (Å²) in [4.78, 5) is 21.4. The Labute approximate surface area is 143 Å². The van der Waals surface area contributed by atoms with Crippen molar-refractivity contribution in [3.8, 4) is 0 Å². The van der Waals surface area contributed by atoms with E-state index in [1.54, 1.807) is 36.4 Å². The summed E-state index contributed by atoms with van der Waals surface area (Å²) in [6.45, 7) is 3.79. The summed E-state index contributed by atoms with van der Waals surface area (Å²) in [7, 11) is 0. The molecule has 2 aromatic carbocycles. The molecule has 0 saturated heterocycles. The first-order chi connectivity index (χ1) is 11.0. The lowest BCUT2D eigenvalue weighted by atomic mass is 10.1. The van der Waals surface area contributed by atoms with Gasteiger partial charge >= 0.3 is 0 Å². The highest BCUT2D eigenvalue weighted by molar-refractivity contribution is 6.40. The summed E-state index contributed by atoms with van der Waals surface area (Å²) in [6, 6.07) is 10.2. The first kappa shape index (κ1) is 15.7. The van der Waals surface area contributed by atoms with Crippen LogP contribution in [0.1, 0.15) is 21.7 Å². The quantitative estimate of drug-likeness (QED) is 0.725. The van der Waals surface area contributed by atoms with Crippen molar-refractivity contribution in [2.45, 2.75) is 13.8 Å². The van der Waals surface area contributed by atoms with Crippen molar-refractivity contribution in [3.63, 3.8) is 0 Å².